The van der Waals surface area contributed by atoms with Crippen molar-refractivity contribution in [3.05, 3.63) is 52.6 Å². The number of aromatic nitrogens is 2. The monoisotopic (exact) mass is 439 g/mol. The average molecular weight is 440 g/mol. The lowest BCUT2D eigenvalue weighted by atomic mass is 10.1. The molecule has 1 aliphatic carbocycles. The maximum atomic E-state index is 12.5. The van der Waals surface area contributed by atoms with E-state index in [4.69, 9.17) is 5.73 Å². The standard InChI is InChI=1S/C23H33N7O2/c1-16(26-19-5-4-18(24)15-19)14-17-2-6-20(7-3-17)30-11-8-21(28-23(30)32)27-22(31)29-12-9-25-10-13-29/h2-3,6-8,11,16,18-19,25-26H,4-5,9-10,12-15,24H2,1H3,(H,27,28,31,32)/t16?,18-,19+/m0/s1. The van der Waals surface area contributed by atoms with Gasteiger partial charge in [0.05, 0.1) is 5.69 Å². The molecule has 5 N–H and O–H groups in total. The summed E-state index contributed by atoms with van der Waals surface area (Å²) < 4.78 is 1.48. The second kappa shape index (κ2) is 10.2. The number of carbonyl (C=O) groups is 1. The van der Waals surface area contributed by atoms with Gasteiger partial charge >= 0.3 is 11.7 Å². The highest BCUT2D eigenvalue weighted by atomic mass is 16.2. The number of anilines is 1. The molecule has 1 aromatic carbocycles. The van der Waals surface area contributed by atoms with E-state index in [0.29, 0.717) is 31.2 Å². The number of nitrogens with one attached hydrogen (secondary N) is 3. The first-order valence-corrected chi connectivity index (χ1v) is 11.5. The zero-order chi connectivity index (χ0) is 22.5. The molecule has 1 aliphatic heterocycles. The molecule has 4 rings (SSSR count). The second-order valence-corrected chi connectivity index (χ2v) is 8.84. The third kappa shape index (κ3) is 5.73. The molecule has 9 nitrogen and oxygen atoms in total. The highest BCUT2D eigenvalue weighted by molar-refractivity contribution is 5.88. The maximum Gasteiger partial charge on any atom is 0.354 e. The second-order valence-electron chi connectivity index (χ2n) is 8.84. The van der Waals surface area contributed by atoms with Crippen LogP contribution in [0.15, 0.2) is 41.3 Å². The number of urea groups is 1. The Morgan fingerprint density at radius 3 is 2.62 bits per heavy atom. The zero-order valence-corrected chi connectivity index (χ0v) is 18.6. The van der Waals surface area contributed by atoms with Crippen molar-refractivity contribution in [3.63, 3.8) is 0 Å². The Morgan fingerprint density at radius 2 is 1.97 bits per heavy atom. The van der Waals surface area contributed by atoms with E-state index >= 15 is 0 Å². The SMILES string of the molecule is CC(Cc1ccc(-n2ccc(NC(=O)N3CCNCC3)nc2=O)cc1)N[C@@H]1CC[C@H](N)C1. The summed E-state index contributed by atoms with van der Waals surface area (Å²) >= 11 is 0. The molecule has 2 heterocycles. The summed E-state index contributed by atoms with van der Waals surface area (Å²) in [6, 6.07) is 10.5. The van der Waals surface area contributed by atoms with Gasteiger partial charge in [-0.1, -0.05) is 12.1 Å². The minimum absolute atomic E-state index is 0.234. The zero-order valence-electron chi connectivity index (χ0n) is 18.6. The van der Waals surface area contributed by atoms with Crippen LogP contribution in [0.4, 0.5) is 10.6 Å². The summed E-state index contributed by atoms with van der Waals surface area (Å²) in [5, 5.41) is 9.59. The van der Waals surface area contributed by atoms with Crippen molar-refractivity contribution >= 4 is 11.8 Å². The first-order chi connectivity index (χ1) is 15.5. The van der Waals surface area contributed by atoms with Crippen molar-refractivity contribution < 1.29 is 4.79 Å². The first-order valence-electron chi connectivity index (χ1n) is 11.5. The lowest BCUT2D eigenvalue weighted by Crippen LogP contribution is -2.48. The molecule has 0 radical (unpaired) electrons. The van der Waals surface area contributed by atoms with Gasteiger partial charge in [-0.2, -0.15) is 4.98 Å². The summed E-state index contributed by atoms with van der Waals surface area (Å²) in [6.07, 6.45) is 5.85. The number of amides is 2. The summed E-state index contributed by atoms with van der Waals surface area (Å²) in [7, 11) is 0. The van der Waals surface area contributed by atoms with Gasteiger partial charge in [-0.15, -0.1) is 0 Å². The van der Waals surface area contributed by atoms with E-state index in [1.165, 1.54) is 10.1 Å². The van der Waals surface area contributed by atoms with E-state index in [0.717, 1.165) is 44.5 Å². The first kappa shape index (κ1) is 22.4. The quantitative estimate of drug-likeness (QED) is 0.535. The van der Waals surface area contributed by atoms with Gasteiger partial charge < -0.3 is 21.3 Å². The summed E-state index contributed by atoms with van der Waals surface area (Å²) in [4.78, 5) is 30.6. The Morgan fingerprint density at radius 1 is 1.22 bits per heavy atom. The van der Waals surface area contributed by atoms with E-state index in [9.17, 15) is 9.59 Å². The van der Waals surface area contributed by atoms with Crippen molar-refractivity contribution in [2.24, 2.45) is 5.73 Å². The number of hydrogen-bond acceptors (Lipinski definition) is 6. The number of hydrogen-bond donors (Lipinski definition) is 4. The Kier molecular flexibility index (Phi) is 7.19. The molecule has 2 aliphatic rings. The molecule has 1 saturated carbocycles. The molecule has 0 spiro atoms. The summed E-state index contributed by atoms with van der Waals surface area (Å²) in [5.74, 6) is 0.262. The molecule has 32 heavy (non-hydrogen) atoms. The number of carbonyl (C=O) groups excluding carboxylic acids is 1. The van der Waals surface area contributed by atoms with Crippen LogP contribution >= 0.6 is 0 Å². The van der Waals surface area contributed by atoms with Crippen LogP contribution in [0.2, 0.25) is 0 Å². The van der Waals surface area contributed by atoms with Gasteiger partial charge in [-0.05, 0) is 56.4 Å². The minimum atomic E-state index is -0.427. The van der Waals surface area contributed by atoms with Crippen LogP contribution in [0.3, 0.4) is 0 Å². The van der Waals surface area contributed by atoms with Crippen molar-refractivity contribution in [3.8, 4) is 5.69 Å². The summed E-state index contributed by atoms with van der Waals surface area (Å²) in [5.41, 5.74) is 7.53. The predicted molar refractivity (Wildman–Crippen MR) is 125 cm³/mol. The Bertz CT molecular complexity index is 969. The summed E-state index contributed by atoms with van der Waals surface area (Å²) in [6.45, 7) is 5.00. The van der Waals surface area contributed by atoms with Gasteiger partial charge in [0, 0.05) is 50.5 Å². The van der Waals surface area contributed by atoms with Crippen molar-refractivity contribution in [2.75, 3.05) is 31.5 Å². The van der Waals surface area contributed by atoms with Crippen LogP contribution in [-0.4, -0.2) is 64.8 Å². The molecule has 2 amide bonds. The van der Waals surface area contributed by atoms with E-state index in [1.807, 2.05) is 24.3 Å². The number of rotatable bonds is 6. The van der Waals surface area contributed by atoms with Crippen LogP contribution in [0.1, 0.15) is 31.7 Å². The molecule has 2 fully saturated rings. The van der Waals surface area contributed by atoms with Crippen LogP contribution in [0.25, 0.3) is 5.69 Å². The van der Waals surface area contributed by atoms with Gasteiger partial charge in [0.2, 0.25) is 0 Å². The van der Waals surface area contributed by atoms with E-state index in [1.54, 1.807) is 17.2 Å². The lowest BCUT2D eigenvalue weighted by molar-refractivity contribution is 0.204. The minimum Gasteiger partial charge on any atom is -0.328 e. The Hall–Kier alpha value is -2.75. The fourth-order valence-electron chi connectivity index (χ4n) is 4.50. The third-order valence-corrected chi connectivity index (χ3v) is 6.19. The lowest BCUT2D eigenvalue weighted by Gasteiger charge is -2.27. The maximum absolute atomic E-state index is 12.5. The molecule has 2 aromatic rings. The fraction of sp³-hybridized carbons (Fsp3) is 0.522. The number of piperazine rings is 1. The highest BCUT2D eigenvalue weighted by Crippen LogP contribution is 2.18. The predicted octanol–water partition coefficient (Wildman–Crippen LogP) is 1.07. The van der Waals surface area contributed by atoms with Crippen molar-refractivity contribution in [1.29, 1.82) is 0 Å². The fourth-order valence-corrected chi connectivity index (χ4v) is 4.50. The molecule has 9 heteroatoms. The number of nitrogens with zero attached hydrogens (tertiary/aromatic N) is 3. The van der Waals surface area contributed by atoms with Gasteiger partial charge in [-0.3, -0.25) is 9.88 Å². The molecule has 3 atom stereocenters. The van der Waals surface area contributed by atoms with Gasteiger partial charge in [-0.25, -0.2) is 9.59 Å². The number of benzene rings is 1. The normalized spacial score (nSPS) is 22.0. The van der Waals surface area contributed by atoms with E-state index in [-0.39, 0.29) is 11.8 Å². The third-order valence-electron chi connectivity index (χ3n) is 6.19. The average Bonchev–Trinajstić information content (AvgIpc) is 3.19. The van der Waals surface area contributed by atoms with Crippen LogP contribution in [0.5, 0.6) is 0 Å². The molecule has 172 valence electrons. The van der Waals surface area contributed by atoms with Crippen LogP contribution in [0, 0.1) is 0 Å². The topological polar surface area (TPSA) is 117 Å². The highest BCUT2D eigenvalue weighted by Gasteiger charge is 2.22. The molecule has 1 aromatic heterocycles. The molecular weight excluding hydrogens is 406 g/mol. The van der Waals surface area contributed by atoms with Crippen LogP contribution < -0.4 is 27.4 Å². The number of nitrogens with two attached hydrogens (primary N) is 1. The van der Waals surface area contributed by atoms with Gasteiger partial charge in [0.25, 0.3) is 0 Å². The molecule has 1 unspecified atom stereocenters. The smallest absolute Gasteiger partial charge is 0.328 e. The van der Waals surface area contributed by atoms with E-state index < -0.39 is 5.69 Å². The van der Waals surface area contributed by atoms with Crippen LogP contribution in [-0.2, 0) is 6.42 Å². The Balaban J connectivity index is 1.35. The molecule has 0 bridgehead atoms. The largest absolute Gasteiger partial charge is 0.354 e. The van der Waals surface area contributed by atoms with Crippen molar-refractivity contribution in [2.45, 2.75) is 50.7 Å². The molecule has 1 saturated heterocycles. The van der Waals surface area contributed by atoms with Gasteiger partial charge in [0.15, 0.2) is 0 Å². The van der Waals surface area contributed by atoms with Crippen molar-refractivity contribution in [1.82, 2.24) is 25.1 Å². The molecular formula is C23H33N7O2. The van der Waals surface area contributed by atoms with Gasteiger partial charge in [0.1, 0.15) is 5.82 Å². The van der Waals surface area contributed by atoms with E-state index in [2.05, 4.69) is 27.9 Å². The Labute approximate surface area is 188 Å².